The Balaban J connectivity index is 2.12. The Kier molecular flexibility index (Phi) is 4.22. The Hall–Kier alpha value is 0.0169. The van der Waals surface area contributed by atoms with E-state index in [4.69, 9.17) is 22.2 Å². The van der Waals surface area contributed by atoms with Gasteiger partial charge < -0.3 is 0 Å². The molecule has 0 aliphatic heterocycles. The van der Waals surface area contributed by atoms with Crippen molar-refractivity contribution in [1.82, 2.24) is 0 Å². The molecule has 1 saturated carbocycles. The molecule has 0 N–H and O–H groups in total. The van der Waals surface area contributed by atoms with Crippen molar-refractivity contribution in [2.24, 2.45) is 0 Å². The molecular weight excluding hydrogens is 267 g/mol. The van der Waals surface area contributed by atoms with Crippen molar-refractivity contribution < 1.29 is 0 Å². The van der Waals surface area contributed by atoms with Crippen molar-refractivity contribution in [2.45, 2.75) is 50.1 Å². The fourth-order valence-electron chi connectivity index (χ4n) is 2.76. The molecule has 1 aromatic carbocycles. The van der Waals surface area contributed by atoms with E-state index in [2.05, 4.69) is 31.2 Å². The predicted octanol–water partition coefficient (Wildman–Crippen LogP) is 5.41. The van der Waals surface area contributed by atoms with Gasteiger partial charge in [-0.2, -0.15) is 0 Å². The van der Waals surface area contributed by atoms with Gasteiger partial charge in [0.05, 0.1) is 0 Å². The number of hydrogen-bond donors (Lipinski definition) is 0. The smallest absolute Gasteiger partial charge is 0.145 e. The average Bonchev–Trinajstić information content (AvgIpc) is 2.30. The van der Waals surface area contributed by atoms with Crippen molar-refractivity contribution in [3.63, 3.8) is 0 Å². The first-order chi connectivity index (χ1) is 8.04. The molecule has 0 spiro atoms. The molecule has 1 fully saturated rings. The summed E-state index contributed by atoms with van der Waals surface area (Å²) >= 11 is 13.6. The molecule has 0 bridgehead atoms. The molecule has 94 valence electrons. The Morgan fingerprint density at radius 2 is 1.65 bits per heavy atom. The lowest BCUT2D eigenvalue weighted by Gasteiger charge is -2.41. The van der Waals surface area contributed by atoms with Gasteiger partial charge in [-0.3, -0.25) is 0 Å². The molecule has 0 nitrogen and oxygen atoms in total. The van der Waals surface area contributed by atoms with Crippen molar-refractivity contribution in [2.75, 3.05) is 0 Å². The zero-order chi connectivity index (χ0) is 12.4. The van der Waals surface area contributed by atoms with Gasteiger partial charge in [0.2, 0.25) is 0 Å². The second-order valence-corrected chi connectivity index (χ2v) is 12.9. The predicted molar refractivity (Wildman–Crippen MR) is 79.1 cm³/mol. The lowest BCUT2D eigenvalue weighted by atomic mass is 9.90. The summed E-state index contributed by atoms with van der Waals surface area (Å²) in [4.78, 5) is 0. The molecule has 0 saturated heterocycles. The monoisotopic (exact) mass is 286 g/mol. The first kappa shape index (κ1) is 13.4. The number of halogens is 2. The molecule has 1 aliphatic rings. The highest BCUT2D eigenvalue weighted by atomic mass is 35.7. The van der Waals surface area contributed by atoms with Crippen molar-refractivity contribution >= 4 is 28.9 Å². The van der Waals surface area contributed by atoms with Crippen molar-refractivity contribution in [3.05, 3.63) is 35.9 Å². The minimum atomic E-state index is -2.22. The Labute approximate surface area is 115 Å². The molecule has 0 unspecified atom stereocenters. The molecule has 1 aromatic rings. The van der Waals surface area contributed by atoms with Crippen molar-refractivity contribution in [1.29, 1.82) is 0 Å². The normalized spacial score (nSPS) is 20.2. The molecule has 0 radical (unpaired) electrons. The van der Waals surface area contributed by atoms with Gasteiger partial charge in [0.1, 0.15) is 0 Å². The standard InChI is InChI=1S/C14H20Cl2Si/c1-14(10-6-3-7-11-14)17(15,16)12-13-8-4-2-5-9-13/h2,4-5,8-9H,3,6-7,10-12H2,1H3. The Morgan fingerprint density at radius 3 is 2.24 bits per heavy atom. The van der Waals surface area contributed by atoms with Crippen LogP contribution in [-0.4, -0.2) is 6.69 Å². The number of benzene rings is 1. The third kappa shape index (κ3) is 3.07. The summed E-state index contributed by atoms with van der Waals surface area (Å²) in [6.45, 7) is 0.0838. The Morgan fingerprint density at radius 1 is 1.06 bits per heavy atom. The molecule has 0 atom stereocenters. The maximum Gasteiger partial charge on any atom is 0.261 e. The van der Waals surface area contributed by atoms with Crippen LogP contribution < -0.4 is 0 Å². The van der Waals surface area contributed by atoms with Crippen LogP contribution in [0.25, 0.3) is 0 Å². The van der Waals surface area contributed by atoms with Crippen LogP contribution in [-0.2, 0) is 6.04 Å². The summed E-state index contributed by atoms with van der Waals surface area (Å²) in [5.74, 6) is 0. The maximum atomic E-state index is 6.80. The number of hydrogen-bond acceptors (Lipinski definition) is 0. The minimum absolute atomic E-state index is 0.199. The topological polar surface area (TPSA) is 0 Å². The molecule has 17 heavy (non-hydrogen) atoms. The molecule has 0 heterocycles. The van der Waals surface area contributed by atoms with E-state index in [1.165, 1.54) is 37.7 Å². The zero-order valence-electron chi connectivity index (χ0n) is 10.4. The van der Waals surface area contributed by atoms with E-state index in [1.807, 2.05) is 6.07 Å². The van der Waals surface area contributed by atoms with E-state index in [0.717, 1.165) is 6.04 Å². The summed E-state index contributed by atoms with van der Waals surface area (Å²) in [5.41, 5.74) is 1.29. The third-order valence-corrected chi connectivity index (χ3v) is 10.8. The first-order valence-corrected chi connectivity index (χ1v) is 10.7. The lowest BCUT2D eigenvalue weighted by Crippen LogP contribution is -2.40. The van der Waals surface area contributed by atoms with E-state index >= 15 is 0 Å². The van der Waals surface area contributed by atoms with Gasteiger partial charge in [0, 0.05) is 0 Å². The second kappa shape index (κ2) is 5.34. The van der Waals surface area contributed by atoms with Crippen LogP contribution in [0.1, 0.15) is 44.6 Å². The molecular formula is C14H20Cl2Si. The highest BCUT2D eigenvalue weighted by molar-refractivity contribution is 7.46. The SMILES string of the molecule is CC1([Si](Cl)(Cl)Cc2ccccc2)CCCCC1. The Bertz CT molecular complexity index is 356. The summed E-state index contributed by atoms with van der Waals surface area (Å²) in [5, 5.41) is 0.199. The van der Waals surface area contributed by atoms with Crippen LogP contribution in [0, 0.1) is 0 Å². The maximum absolute atomic E-state index is 6.80. The quantitative estimate of drug-likeness (QED) is 0.515. The molecule has 0 amide bonds. The summed E-state index contributed by atoms with van der Waals surface area (Å²) < 4.78 is 0. The summed E-state index contributed by atoms with van der Waals surface area (Å²) in [6.07, 6.45) is 6.34. The van der Waals surface area contributed by atoms with E-state index < -0.39 is 6.69 Å². The van der Waals surface area contributed by atoms with Crippen molar-refractivity contribution in [3.8, 4) is 0 Å². The van der Waals surface area contributed by atoms with Gasteiger partial charge in [-0.1, -0.05) is 56.5 Å². The molecule has 3 heteroatoms. The van der Waals surface area contributed by atoms with Gasteiger partial charge in [-0.05, 0) is 29.5 Å². The van der Waals surface area contributed by atoms with Crippen LogP contribution in [0.2, 0.25) is 5.04 Å². The highest BCUT2D eigenvalue weighted by Gasteiger charge is 2.48. The van der Waals surface area contributed by atoms with Crippen LogP contribution >= 0.6 is 22.2 Å². The fourth-order valence-corrected chi connectivity index (χ4v) is 7.08. The second-order valence-electron chi connectivity index (χ2n) is 5.49. The third-order valence-electron chi connectivity index (χ3n) is 4.11. The molecule has 2 rings (SSSR count). The van der Waals surface area contributed by atoms with E-state index in [0.29, 0.717) is 0 Å². The van der Waals surface area contributed by atoms with Crippen LogP contribution in [0.3, 0.4) is 0 Å². The molecule has 1 aliphatic carbocycles. The van der Waals surface area contributed by atoms with E-state index in [1.54, 1.807) is 0 Å². The van der Waals surface area contributed by atoms with E-state index in [9.17, 15) is 0 Å². The van der Waals surface area contributed by atoms with Gasteiger partial charge in [0.15, 0.2) is 0 Å². The first-order valence-electron chi connectivity index (χ1n) is 6.45. The number of rotatable bonds is 3. The van der Waals surface area contributed by atoms with Gasteiger partial charge in [-0.25, -0.2) is 0 Å². The largest absolute Gasteiger partial charge is 0.261 e. The van der Waals surface area contributed by atoms with Crippen LogP contribution in [0.4, 0.5) is 0 Å². The minimum Gasteiger partial charge on any atom is -0.145 e. The fraction of sp³-hybridized carbons (Fsp3) is 0.571. The summed E-state index contributed by atoms with van der Waals surface area (Å²) in [6, 6.07) is 11.3. The van der Waals surface area contributed by atoms with Crippen LogP contribution in [0.5, 0.6) is 0 Å². The highest BCUT2D eigenvalue weighted by Crippen LogP contribution is 2.54. The summed E-state index contributed by atoms with van der Waals surface area (Å²) in [7, 11) is 0. The lowest BCUT2D eigenvalue weighted by molar-refractivity contribution is 0.394. The van der Waals surface area contributed by atoms with Gasteiger partial charge in [0.25, 0.3) is 6.69 Å². The average molecular weight is 287 g/mol. The van der Waals surface area contributed by atoms with E-state index in [-0.39, 0.29) is 5.04 Å². The molecule has 0 aromatic heterocycles. The van der Waals surface area contributed by atoms with Gasteiger partial charge >= 0.3 is 0 Å². The zero-order valence-corrected chi connectivity index (χ0v) is 12.9. The van der Waals surface area contributed by atoms with Gasteiger partial charge in [-0.15, -0.1) is 22.2 Å². The van der Waals surface area contributed by atoms with Crippen LogP contribution in [0.15, 0.2) is 30.3 Å².